The molecule has 0 saturated carbocycles. The molecule has 0 unspecified atom stereocenters. The summed E-state index contributed by atoms with van der Waals surface area (Å²) in [5.74, 6) is -1.31. The van der Waals surface area contributed by atoms with E-state index in [2.05, 4.69) is 10.6 Å². The van der Waals surface area contributed by atoms with Crippen LogP contribution in [0, 0.1) is 0 Å². The monoisotopic (exact) mass is 356 g/mol. The molecule has 2 aromatic carbocycles. The third-order valence-electron chi connectivity index (χ3n) is 3.69. The molecule has 0 bridgehead atoms. The zero-order valence-corrected chi connectivity index (χ0v) is 14.5. The zero-order chi connectivity index (χ0) is 19.1. The third kappa shape index (κ3) is 5.07. The van der Waals surface area contributed by atoms with E-state index in [0.717, 1.165) is 0 Å². The molecular formula is C19H20N2O5. The number of carboxylic acids is 1. The first-order chi connectivity index (χ1) is 12.4. The Kier molecular flexibility index (Phi) is 6.32. The van der Waals surface area contributed by atoms with Gasteiger partial charge in [0.25, 0.3) is 5.91 Å². The van der Waals surface area contributed by atoms with Gasteiger partial charge in [0.1, 0.15) is 11.8 Å². The fraction of sp³-hybridized carbons (Fsp3) is 0.211. The second kappa shape index (κ2) is 8.66. The first-order valence-corrected chi connectivity index (χ1v) is 7.94. The van der Waals surface area contributed by atoms with E-state index in [9.17, 15) is 19.5 Å². The first kappa shape index (κ1) is 19.0. The summed E-state index contributed by atoms with van der Waals surface area (Å²) in [5.41, 5.74) is 1.53. The zero-order valence-electron chi connectivity index (χ0n) is 14.5. The molecule has 0 spiro atoms. The number of hydrogen-bond donors (Lipinski definition) is 3. The number of ether oxygens (including phenoxy) is 1. The van der Waals surface area contributed by atoms with Crippen LogP contribution in [0.3, 0.4) is 0 Å². The van der Waals surface area contributed by atoms with E-state index < -0.39 is 17.9 Å². The molecule has 7 nitrogen and oxygen atoms in total. The summed E-state index contributed by atoms with van der Waals surface area (Å²) in [6.45, 7) is 1.38. The number of amides is 2. The standard InChI is InChI=1S/C19H20N2O5/c1-12(22)20-15-9-7-13(8-10-15)18(23)21-16(19(24)25)11-14-5-3-4-6-17(14)26-2/h3-10,16H,11H2,1-2H3,(H,20,22)(H,21,23)(H,24,25)/t16-/m0/s1. The maximum Gasteiger partial charge on any atom is 0.326 e. The fourth-order valence-electron chi connectivity index (χ4n) is 2.44. The van der Waals surface area contributed by atoms with Crippen LogP contribution in [-0.2, 0) is 16.0 Å². The topological polar surface area (TPSA) is 105 Å². The van der Waals surface area contributed by atoms with Gasteiger partial charge >= 0.3 is 5.97 Å². The molecule has 0 saturated heterocycles. The van der Waals surface area contributed by atoms with Gasteiger partial charge in [0.2, 0.25) is 5.91 Å². The predicted molar refractivity (Wildman–Crippen MR) is 96.3 cm³/mol. The number of para-hydroxylation sites is 1. The average Bonchev–Trinajstić information content (AvgIpc) is 2.61. The Morgan fingerprint density at radius 3 is 2.31 bits per heavy atom. The number of carbonyl (C=O) groups is 3. The Bertz CT molecular complexity index is 802. The third-order valence-corrected chi connectivity index (χ3v) is 3.69. The van der Waals surface area contributed by atoms with Gasteiger partial charge in [0.15, 0.2) is 0 Å². The number of anilines is 1. The van der Waals surface area contributed by atoms with Gasteiger partial charge in [-0.05, 0) is 35.9 Å². The van der Waals surface area contributed by atoms with Gasteiger partial charge < -0.3 is 20.5 Å². The summed E-state index contributed by atoms with van der Waals surface area (Å²) in [6, 6.07) is 12.1. The molecule has 136 valence electrons. The van der Waals surface area contributed by atoms with Crippen LogP contribution < -0.4 is 15.4 Å². The minimum absolute atomic E-state index is 0.0923. The van der Waals surface area contributed by atoms with Crippen molar-refractivity contribution in [1.82, 2.24) is 5.32 Å². The molecule has 7 heteroatoms. The van der Waals surface area contributed by atoms with E-state index in [1.54, 1.807) is 36.4 Å². The van der Waals surface area contributed by atoms with Crippen LogP contribution in [0.4, 0.5) is 5.69 Å². The van der Waals surface area contributed by atoms with E-state index in [-0.39, 0.29) is 12.3 Å². The van der Waals surface area contributed by atoms with Crippen LogP contribution in [0.5, 0.6) is 5.75 Å². The van der Waals surface area contributed by atoms with Crippen molar-refractivity contribution in [3.8, 4) is 5.75 Å². The van der Waals surface area contributed by atoms with Crippen molar-refractivity contribution >= 4 is 23.5 Å². The van der Waals surface area contributed by atoms with Gasteiger partial charge in [0, 0.05) is 24.6 Å². The summed E-state index contributed by atoms with van der Waals surface area (Å²) in [4.78, 5) is 34.9. The van der Waals surface area contributed by atoms with Gasteiger partial charge in [0.05, 0.1) is 7.11 Å². The van der Waals surface area contributed by atoms with E-state index in [1.165, 1.54) is 26.2 Å². The minimum Gasteiger partial charge on any atom is -0.496 e. The highest BCUT2D eigenvalue weighted by Crippen LogP contribution is 2.19. The van der Waals surface area contributed by atoms with Crippen molar-refractivity contribution in [1.29, 1.82) is 0 Å². The van der Waals surface area contributed by atoms with Crippen molar-refractivity contribution < 1.29 is 24.2 Å². The number of methoxy groups -OCH3 is 1. The number of carboxylic acid groups (broad SMARTS) is 1. The molecule has 0 radical (unpaired) electrons. The molecule has 26 heavy (non-hydrogen) atoms. The Morgan fingerprint density at radius 2 is 1.73 bits per heavy atom. The van der Waals surface area contributed by atoms with Crippen molar-refractivity contribution in [3.63, 3.8) is 0 Å². The van der Waals surface area contributed by atoms with Gasteiger partial charge in [-0.1, -0.05) is 18.2 Å². The molecular weight excluding hydrogens is 336 g/mol. The van der Waals surface area contributed by atoms with Crippen molar-refractivity contribution in [2.24, 2.45) is 0 Å². The van der Waals surface area contributed by atoms with Crippen molar-refractivity contribution in [2.45, 2.75) is 19.4 Å². The first-order valence-electron chi connectivity index (χ1n) is 7.94. The molecule has 0 aliphatic carbocycles. The minimum atomic E-state index is -1.14. The summed E-state index contributed by atoms with van der Waals surface area (Å²) in [6.07, 6.45) is 0.0923. The summed E-state index contributed by atoms with van der Waals surface area (Å²) < 4.78 is 5.22. The molecule has 0 fully saturated rings. The number of benzene rings is 2. The molecule has 0 aliphatic heterocycles. The van der Waals surface area contributed by atoms with Crippen LogP contribution in [0.15, 0.2) is 48.5 Å². The molecule has 1 atom stereocenters. The van der Waals surface area contributed by atoms with E-state index in [0.29, 0.717) is 22.6 Å². The summed E-state index contributed by atoms with van der Waals surface area (Å²) >= 11 is 0. The lowest BCUT2D eigenvalue weighted by Gasteiger charge is -2.16. The number of aliphatic carboxylic acids is 1. The highest BCUT2D eigenvalue weighted by atomic mass is 16.5. The van der Waals surface area contributed by atoms with E-state index >= 15 is 0 Å². The molecule has 2 aromatic rings. The summed E-state index contributed by atoms with van der Waals surface area (Å²) in [5, 5.41) is 14.5. The average molecular weight is 356 g/mol. The van der Waals surface area contributed by atoms with Gasteiger partial charge in [-0.25, -0.2) is 4.79 Å². The SMILES string of the molecule is COc1ccccc1C[C@H](NC(=O)c1ccc(NC(C)=O)cc1)C(=O)O. The molecule has 2 rings (SSSR count). The lowest BCUT2D eigenvalue weighted by molar-refractivity contribution is -0.139. The predicted octanol–water partition coefficient (Wildman–Crippen LogP) is 2.08. The Morgan fingerprint density at radius 1 is 1.08 bits per heavy atom. The maximum absolute atomic E-state index is 12.3. The smallest absolute Gasteiger partial charge is 0.326 e. The largest absolute Gasteiger partial charge is 0.496 e. The molecule has 3 N–H and O–H groups in total. The Hall–Kier alpha value is -3.35. The fourth-order valence-corrected chi connectivity index (χ4v) is 2.44. The van der Waals surface area contributed by atoms with Crippen LogP contribution in [0.2, 0.25) is 0 Å². The highest BCUT2D eigenvalue weighted by Gasteiger charge is 2.22. The van der Waals surface area contributed by atoms with Crippen molar-refractivity contribution in [2.75, 3.05) is 12.4 Å². The lowest BCUT2D eigenvalue weighted by atomic mass is 10.0. The van der Waals surface area contributed by atoms with Crippen LogP contribution in [0.25, 0.3) is 0 Å². The van der Waals surface area contributed by atoms with Crippen molar-refractivity contribution in [3.05, 3.63) is 59.7 Å². The molecule has 0 aliphatic rings. The second-order valence-electron chi connectivity index (χ2n) is 5.64. The Labute approximate surface area is 151 Å². The summed E-state index contributed by atoms with van der Waals surface area (Å²) in [7, 11) is 1.50. The highest BCUT2D eigenvalue weighted by molar-refractivity contribution is 5.97. The lowest BCUT2D eigenvalue weighted by Crippen LogP contribution is -2.42. The van der Waals surface area contributed by atoms with E-state index in [1.807, 2.05) is 0 Å². The second-order valence-corrected chi connectivity index (χ2v) is 5.64. The number of hydrogen-bond acceptors (Lipinski definition) is 4. The van der Waals surface area contributed by atoms with Gasteiger partial charge in [-0.15, -0.1) is 0 Å². The normalized spacial score (nSPS) is 11.3. The van der Waals surface area contributed by atoms with Crippen LogP contribution in [-0.4, -0.2) is 36.0 Å². The van der Waals surface area contributed by atoms with Crippen LogP contribution >= 0.6 is 0 Å². The van der Waals surface area contributed by atoms with E-state index in [4.69, 9.17) is 4.74 Å². The molecule has 0 aromatic heterocycles. The Balaban J connectivity index is 2.10. The van der Waals surface area contributed by atoms with Crippen LogP contribution in [0.1, 0.15) is 22.8 Å². The van der Waals surface area contributed by atoms with Gasteiger partial charge in [-0.2, -0.15) is 0 Å². The molecule has 0 heterocycles. The quantitative estimate of drug-likeness (QED) is 0.704. The molecule has 2 amide bonds. The maximum atomic E-state index is 12.3. The van der Waals surface area contributed by atoms with Gasteiger partial charge in [-0.3, -0.25) is 9.59 Å². The number of rotatable bonds is 7. The number of nitrogens with one attached hydrogen (secondary N) is 2. The number of carbonyl (C=O) groups excluding carboxylic acids is 2.